The van der Waals surface area contributed by atoms with Gasteiger partial charge in [0.1, 0.15) is 0 Å². The first kappa shape index (κ1) is 10.5. The van der Waals surface area contributed by atoms with Crippen molar-refractivity contribution in [3.05, 3.63) is 35.4 Å². The first-order valence-corrected chi connectivity index (χ1v) is 4.36. The van der Waals surface area contributed by atoms with Crippen LogP contribution in [0.25, 0.3) is 6.08 Å². The van der Waals surface area contributed by atoms with Crippen LogP contribution in [0, 0.1) is 5.41 Å². The second kappa shape index (κ2) is 5.19. The molecule has 1 rings (SSSR count). The molecule has 0 amide bonds. The van der Waals surface area contributed by atoms with E-state index in [0.717, 1.165) is 17.5 Å². The zero-order valence-electron chi connectivity index (χ0n) is 7.50. The highest BCUT2D eigenvalue weighted by Gasteiger charge is 1.97. The summed E-state index contributed by atoms with van der Waals surface area (Å²) < 4.78 is 0. The third kappa shape index (κ3) is 2.71. The van der Waals surface area contributed by atoms with Crippen LogP contribution in [-0.2, 0) is 0 Å². The van der Waals surface area contributed by atoms with E-state index >= 15 is 0 Å². The molecule has 2 N–H and O–H groups in total. The zero-order chi connectivity index (χ0) is 10.4. The molecule has 0 aliphatic heterocycles. The molecule has 0 aliphatic rings. The summed E-state index contributed by atoms with van der Waals surface area (Å²) in [5, 5.41) is 11.2. The maximum absolute atomic E-state index is 6.75. The first-order valence-electron chi connectivity index (χ1n) is 3.98. The molecule has 0 saturated carbocycles. The molecule has 0 heterocycles. The maximum atomic E-state index is 6.75. The number of hydrogen-bond acceptors (Lipinski definition) is 3. The number of anilines is 1. The number of hydrogen-bond donors (Lipinski definition) is 2. The van der Waals surface area contributed by atoms with Gasteiger partial charge in [0.25, 0.3) is 0 Å². The minimum absolute atomic E-state index is 0.654. The van der Waals surface area contributed by atoms with Crippen LogP contribution < -0.4 is 5.43 Å². The topological polar surface area (TPSA) is 48.2 Å². The second-order valence-corrected chi connectivity index (χ2v) is 2.93. The molecule has 0 aliphatic carbocycles. The van der Waals surface area contributed by atoms with Gasteiger partial charge in [-0.3, -0.25) is 5.43 Å². The van der Waals surface area contributed by atoms with E-state index in [9.17, 15) is 0 Å². The number of rotatable bonds is 4. The Morgan fingerprint density at radius 3 is 2.93 bits per heavy atom. The average Bonchev–Trinajstić information content (AvgIpc) is 2.20. The Hall–Kier alpha value is -1.61. The summed E-state index contributed by atoms with van der Waals surface area (Å²) in [5.41, 5.74) is 4.46. The van der Waals surface area contributed by atoms with Crippen LogP contribution in [0.1, 0.15) is 5.56 Å². The molecule has 0 fully saturated rings. The standard InChI is InChI=1S/C10H10ClN3/c1-2-8-7-9(11)3-4-10(8)14-13-6-5-12/h2-7,12,14H,1H2/b12-5?,13-6-. The van der Waals surface area contributed by atoms with Crippen molar-refractivity contribution in [2.45, 2.75) is 0 Å². The third-order valence-electron chi connectivity index (χ3n) is 1.57. The molecule has 1 aromatic rings. The van der Waals surface area contributed by atoms with E-state index in [-0.39, 0.29) is 0 Å². The Morgan fingerprint density at radius 1 is 1.50 bits per heavy atom. The van der Waals surface area contributed by atoms with E-state index in [1.54, 1.807) is 24.3 Å². The van der Waals surface area contributed by atoms with Crippen LogP contribution in [-0.4, -0.2) is 12.4 Å². The molecule has 0 atom stereocenters. The Balaban J connectivity index is 2.90. The minimum Gasteiger partial charge on any atom is -0.307 e. The van der Waals surface area contributed by atoms with Gasteiger partial charge in [-0.1, -0.05) is 24.3 Å². The number of halogens is 1. The van der Waals surface area contributed by atoms with Gasteiger partial charge in [0.05, 0.1) is 11.9 Å². The summed E-state index contributed by atoms with van der Waals surface area (Å²) in [6, 6.07) is 5.36. The van der Waals surface area contributed by atoms with Crippen molar-refractivity contribution in [3.63, 3.8) is 0 Å². The SMILES string of the molecule is C=Cc1cc(Cl)ccc1N/N=C\C=N. The molecule has 72 valence electrons. The lowest BCUT2D eigenvalue weighted by Gasteiger charge is -2.04. The van der Waals surface area contributed by atoms with Gasteiger partial charge >= 0.3 is 0 Å². The summed E-state index contributed by atoms with van der Waals surface area (Å²) in [6.07, 6.45) is 4.13. The molecule has 1 aromatic carbocycles. The lowest BCUT2D eigenvalue weighted by molar-refractivity contribution is 1.35. The Kier molecular flexibility index (Phi) is 3.88. The molecular formula is C10H10ClN3. The van der Waals surface area contributed by atoms with Crippen molar-refractivity contribution >= 4 is 35.8 Å². The summed E-state index contributed by atoms with van der Waals surface area (Å²) in [4.78, 5) is 0. The lowest BCUT2D eigenvalue weighted by atomic mass is 10.2. The molecule has 0 unspecified atom stereocenters. The Bertz CT molecular complexity index is 372. The molecule has 0 spiro atoms. The van der Waals surface area contributed by atoms with E-state index in [1.165, 1.54) is 6.21 Å². The fourth-order valence-electron chi connectivity index (χ4n) is 0.948. The van der Waals surface area contributed by atoms with Gasteiger partial charge in [-0.2, -0.15) is 5.10 Å². The summed E-state index contributed by atoms with van der Waals surface area (Å²) in [5.74, 6) is 0. The summed E-state index contributed by atoms with van der Waals surface area (Å²) in [7, 11) is 0. The fourth-order valence-corrected chi connectivity index (χ4v) is 1.13. The van der Waals surface area contributed by atoms with Gasteiger partial charge in [0, 0.05) is 16.8 Å². The van der Waals surface area contributed by atoms with E-state index in [2.05, 4.69) is 17.1 Å². The van der Waals surface area contributed by atoms with Crippen LogP contribution in [0.2, 0.25) is 5.02 Å². The van der Waals surface area contributed by atoms with Crippen LogP contribution in [0.5, 0.6) is 0 Å². The number of nitrogens with one attached hydrogen (secondary N) is 2. The van der Waals surface area contributed by atoms with Crippen molar-refractivity contribution in [1.82, 2.24) is 0 Å². The molecule has 4 heteroatoms. The summed E-state index contributed by atoms with van der Waals surface area (Å²) in [6.45, 7) is 3.67. The smallest absolute Gasteiger partial charge is 0.0648 e. The van der Waals surface area contributed by atoms with Crippen molar-refractivity contribution in [2.75, 3.05) is 5.43 Å². The molecule has 0 radical (unpaired) electrons. The fraction of sp³-hybridized carbons (Fsp3) is 0. The number of benzene rings is 1. The van der Waals surface area contributed by atoms with Crippen molar-refractivity contribution < 1.29 is 0 Å². The van der Waals surface area contributed by atoms with Gasteiger partial charge in [0.15, 0.2) is 0 Å². The number of nitrogens with zero attached hydrogens (tertiary/aromatic N) is 1. The quantitative estimate of drug-likeness (QED) is 0.579. The average molecular weight is 208 g/mol. The lowest BCUT2D eigenvalue weighted by Crippen LogP contribution is -1.92. The molecular weight excluding hydrogens is 198 g/mol. The third-order valence-corrected chi connectivity index (χ3v) is 1.80. The monoisotopic (exact) mass is 207 g/mol. The highest BCUT2D eigenvalue weighted by Crippen LogP contribution is 2.21. The first-order chi connectivity index (χ1) is 6.77. The van der Waals surface area contributed by atoms with Crippen molar-refractivity contribution in [3.8, 4) is 0 Å². The van der Waals surface area contributed by atoms with E-state index in [4.69, 9.17) is 17.0 Å². The van der Waals surface area contributed by atoms with Crippen molar-refractivity contribution in [1.29, 1.82) is 5.41 Å². The van der Waals surface area contributed by atoms with Gasteiger partial charge in [-0.05, 0) is 18.2 Å². The molecule has 0 bridgehead atoms. The Morgan fingerprint density at radius 2 is 2.29 bits per heavy atom. The van der Waals surface area contributed by atoms with Crippen LogP contribution in [0.15, 0.2) is 29.9 Å². The van der Waals surface area contributed by atoms with Gasteiger partial charge in [0.2, 0.25) is 0 Å². The van der Waals surface area contributed by atoms with Crippen LogP contribution in [0.4, 0.5) is 5.69 Å². The van der Waals surface area contributed by atoms with Crippen molar-refractivity contribution in [2.24, 2.45) is 5.10 Å². The molecule has 0 aromatic heterocycles. The highest BCUT2D eigenvalue weighted by atomic mass is 35.5. The van der Waals surface area contributed by atoms with E-state index < -0.39 is 0 Å². The van der Waals surface area contributed by atoms with E-state index in [0.29, 0.717) is 5.02 Å². The molecule has 0 saturated heterocycles. The number of hydrazone groups is 1. The minimum atomic E-state index is 0.654. The predicted molar refractivity (Wildman–Crippen MR) is 62.4 cm³/mol. The Labute approximate surface area is 87.6 Å². The second-order valence-electron chi connectivity index (χ2n) is 2.49. The predicted octanol–water partition coefficient (Wildman–Crippen LogP) is 3.03. The van der Waals surface area contributed by atoms with Gasteiger partial charge in [-0.25, -0.2) is 0 Å². The summed E-state index contributed by atoms with van der Waals surface area (Å²) >= 11 is 5.81. The van der Waals surface area contributed by atoms with E-state index in [1.807, 2.05) is 0 Å². The van der Waals surface area contributed by atoms with Crippen LogP contribution >= 0.6 is 11.6 Å². The molecule has 14 heavy (non-hydrogen) atoms. The molecule has 3 nitrogen and oxygen atoms in total. The largest absolute Gasteiger partial charge is 0.307 e. The van der Waals surface area contributed by atoms with Crippen LogP contribution in [0.3, 0.4) is 0 Å². The van der Waals surface area contributed by atoms with Gasteiger partial charge < -0.3 is 5.41 Å². The normalized spacial score (nSPS) is 10.1. The van der Waals surface area contributed by atoms with Gasteiger partial charge in [-0.15, -0.1) is 0 Å². The maximum Gasteiger partial charge on any atom is 0.0648 e. The highest BCUT2D eigenvalue weighted by molar-refractivity contribution is 6.30. The zero-order valence-corrected chi connectivity index (χ0v) is 8.25.